The van der Waals surface area contributed by atoms with Crippen molar-refractivity contribution in [2.45, 2.75) is 13.0 Å². The number of carbonyl (C=O) groups is 1. The zero-order valence-electron chi connectivity index (χ0n) is 14.6. The van der Waals surface area contributed by atoms with Crippen molar-refractivity contribution < 1.29 is 9.21 Å². The van der Waals surface area contributed by atoms with E-state index in [9.17, 15) is 4.79 Å². The van der Waals surface area contributed by atoms with Gasteiger partial charge < -0.3 is 14.6 Å². The highest BCUT2D eigenvalue weighted by Crippen LogP contribution is 2.21. The fraction of sp³-hybridized carbons (Fsp3) is 0.562. The van der Waals surface area contributed by atoms with Crippen LogP contribution < -0.4 is 5.32 Å². The zero-order valence-corrected chi connectivity index (χ0v) is 14.6. The molecule has 1 unspecified atom stereocenters. The Hall–Kier alpha value is -2.19. The fourth-order valence-electron chi connectivity index (χ4n) is 2.88. The molecule has 2 aromatic rings. The van der Waals surface area contributed by atoms with E-state index in [2.05, 4.69) is 39.3 Å². The lowest BCUT2D eigenvalue weighted by Crippen LogP contribution is -2.54. The molecule has 1 N–H and O–H groups in total. The Morgan fingerprint density at radius 3 is 2.88 bits per heavy atom. The highest BCUT2D eigenvalue weighted by atomic mass is 16.4. The average molecular weight is 332 g/mol. The van der Waals surface area contributed by atoms with Gasteiger partial charge in [0.25, 0.3) is 5.91 Å². The van der Waals surface area contributed by atoms with Crippen LogP contribution in [0.3, 0.4) is 0 Å². The number of likely N-dealkylation sites (N-methyl/N-ethyl adjacent to an activating group) is 2. The fourth-order valence-corrected chi connectivity index (χ4v) is 2.88. The molecule has 24 heavy (non-hydrogen) atoms. The van der Waals surface area contributed by atoms with Crippen LogP contribution in [0, 0.1) is 6.92 Å². The van der Waals surface area contributed by atoms with Crippen LogP contribution in [0.5, 0.6) is 0 Å². The molecule has 3 rings (SSSR count). The summed E-state index contributed by atoms with van der Waals surface area (Å²) >= 11 is 0. The number of rotatable bonds is 4. The molecule has 1 amide bonds. The van der Waals surface area contributed by atoms with Gasteiger partial charge in [-0.15, -0.1) is 0 Å². The molecular weight excluding hydrogens is 308 g/mol. The number of hydrogen-bond acceptors (Lipinski definition) is 6. The summed E-state index contributed by atoms with van der Waals surface area (Å²) in [6, 6.07) is 0.303. The molecule has 0 aromatic carbocycles. The van der Waals surface area contributed by atoms with Crippen molar-refractivity contribution in [2.24, 2.45) is 7.05 Å². The standard InChI is InChI=1S/C16H24N6O2/c1-11-14(19-16(24-11)12-7-18-22(4)9-12)15(23)17-8-13-10-20(2)5-6-21(13)3/h7,9,13H,5-6,8,10H2,1-4H3,(H,17,23). The van der Waals surface area contributed by atoms with E-state index in [1.807, 2.05) is 7.05 Å². The van der Waals surface area contributed by atoms with Gasteiger partial charge in [0.1, 0.15) is 5.76 Å². The molecule has 1 saturated heterocycles. The average Bonchev–Trinajstić information content (AvgIpc) is 3.14. The first-order chi connectivity index (χ1) is 11.4. The van der Waals surface area contributed by atoms with E-state index in [-0.39, 0.29) is 5.91 Å². The molecule has 0 bridgehead atoms. The molecule has 0 aliphatic carbocycles. The normalized spacial score (nSPS) is 19.6. The van der Waals surface area contributed by atoms with Crippen molar-refractivity contribution >= 4 is 5.91 Å². The van der Waals surface area contributed by atoms with Gasteiger partial charge in [-0.25, -0.2) is 4.98 Å². The quantitative estimate of drug-likeness (QED) is 0.871. The molecule has 0 saturated carbocycles. The summed E-state index contributed by atoms with van der Waals surface area (Å²) in [6.07, 6.45) is 3.47. The summed E-state index contributed by atoms with van der Waals surface area (Å²) in [4.78, 5) is 21.3. The van der Waals surface area contributed by atoms with E-state index in [1.54, 1.807) is 24.0 Å². The smallest absolute Gasteiger partial charge is 0.273 e. The van der Waals surface area contributed by atoms with Gasteiger partial charge in [0.05, 0.1) is 11.8 Å². The monoisotopic (exact) mass is 332 g/mol. The molecule has 130 valence electrons. The molecule has 1 aliphatic rings. The Bertz CT molecular complexity index is 722. The van der Waals surface area contributed by atoms with Gasteiger partial charge >= 0.3 is 0 Å². The van der Waals surface area contributed by atoms with Gasteiger partial charge in [0.2, 0.25) is 5.89 Å². The number of hydrogen-bond donors (Lipinski definition) is 1. The largest absolute Gasteiger partial charge is 0.440 e. The van der Waals surface area contributed by atoms with E-state index < -0.39 is 0 Å². The number of aromatic nitrogens is 3. The Kier molecular flexibility index (Phi) is 4.68. The van der Waals surface area contributed by atoms with Gasteiger partial charge in [-0.1, -0.05) is 0 Å². The van der Waals surface area contributed by atoms with Crippen molar-refractivity contribution in [1.29, 1.82) is 0 Å². The third kappa shape index (κ3) is 3.49. The summed E-state index contributed by atoms with van der Waals surface area (Å²) < 4.78 is 7.29. The van der Waals surface area contributed by atoms with Crippen LogP contribution in [0.1, 0.15) is 16.2 Å². The third-order valence-electron chi connectivity index (χ3n) is 4.44. The summed E-state index contributed by atoms with van der Waals surface area (Å²) in [7, 11) is 6.01. The SMILES string of the molecule is Cc1oc(-c2cnn(C)c2)nc1C(=O)NCC1CN(C)CCN1C. The van der Waals surface area contributed by atoms with E-state index in [0.717, 1.165) is 25.2 Å². The Morgan fingerprint density at radius 1 is 1.38 bits per heavy atom. The zero-order chi connectivity index (χ0) is 17.3. The van der Waals surface area contributed by atoms with Crippen LogP contribution in [-0.2, 0) is 7.05 Å². The molecule has 0 radical (unpaired) electrons. The van der Waals surface area contributed by atoms with Gasteiger partial charge in [-0.05, 0) is 21.0 Å². The van der Waals surface area contributed by atoms with E-state index in [4.69, 9.17) is 4.42 Å². The lowest BCUT2D eigenvalue weighted by Gasteiger charge is -2.37. The van der Waals surface area contributed by atoms with Crippen LogP contribution in [0.25, 0.3) is 11.5 Å². The van der Waals surface area contributed by atoms with Gasteiger partial charge in [-0.2, -0.15) is 5.10 Å². The van der Waals surface area contributed by atoms with Gasteiger partial charge in [0.15, 0.2) is 5.69 Å². The number of carbonyl (C=O) groups excluding carboxylic acids is 1. The Labute approximate surface area is 141 Å². The summed E-state index contributed by atoms with van der Waals surface area (Å²) in [5, 5.41) is 7.08. The van der Waals surface area contributed by atoms with E-state index >= 15 is 0 Å². The maximum absolute atomic E-state index is 12.5. The van der Waals surface area contributed by atoms with Crippen molar-refractivity contribution in [3.05, 3.63) is 23.8 Å². The second kappa shape index (κ2) is 6.74. The first kappa shape index (κ1) is 16.7. The maximum atomic E-state index is 12.5. The van der Waals surface area contributed by atoms with Crippen LogP contribution >= 0.6 is 0 Å². The van der Waals surface area contributed by atoms with Crippen molar-refractivity contribution in [3.8, 4) is 11.5 Å². The number of nitrogens with one attached hydrogen (secondary N) is 1. The Morgan fingerprint density at radius 2 is 2.17 bits per heavy atom. The van der Waals surface area contributed by atoms with Gasteiger partial charge in [0, 0.05) is 45.5 Å². The molecule has 8 nitrogen and oxygen atoms in total. The first-order valence-electron chi connectivity index (χ1n) is 8.07. The number of amides is 1. The summed E-state index contributed by atoms with van der Waals surface area (Å²) in [5.74, 6) is 0.730. The van der Waals surface area contributed by atoms with Crippen molar-refractivity contribution in [1.82, 2.24) is 29.9 Å². The molecule has 1 aliphatic heterocycles. The van der Waals surface area contributed by atoms with Crippen molar-refractivity contribution in [3.63, 3.8) is 0 Å². The van der Waals surface area contributed by atoms with Crippen molar-refractivity contribution in [2.75, 3.05) is 40.3 Å². The topological polar surface area (TPSA) is 79.4 Å². The second-order valence-corrected chi connectivity index (χ2v) is 6.43. The minimum absolute atomic E-state index is 0.201. The third-order valence-corrected chi connectivity index (χ3v) is 4.44. The Balaban J connectivity index is 1.66. The predicted octanol–water partition coefficient (Wildman–Crippen LogP) is 0.359. The molecular formula is C16H24N6O2. The lowest BCUT2D eigenvalue weighted by molar-refractivity contribution is 0.0876. The number of piperazine rings is 1. The molecule has 1 fully saturated rings. The van der Waals surface area contributed by atoms with Crippen LogP contribution in [0.2, 0.25) is 0 Å². The van der Waals surface area contributed by atoms with Crippen LogP contribution in [-0.4, -0.2) is 76.8 Å². The highest BCUT2D eigenvalue weighted by molar-refractivity contribution is 5.93. The lowest BCUT2D eigenvalue weighted by atomic mass is 10.2. The number of nitrogens with zero attached hydrogens (tertiary/aromatic N) is 5. The number of oxazole rings is 1. The predicted molar refractivity (Wildman–Crippen MR) is 89.7 cm³/mol. The second-order valence-electron chi connectivity index (χ2n) is 6.43. The molecule has 2 aromatic heterocycles. The van der Waals surface area contributed by atoms with Crippen LogP contribution in [0.4, 0.5) is 0 Å². The minimum atomic E-state index is -0.201. The van der Waals surface area contributed by atoms with Gasteiger partial charge in [-0.3, -0.25) is 14.4 Å². The summed E-state index contributed by atoms with van der Waals surface area (Å²) in [5.41, 5.74) is 1.09. The molecule has 8 heteroatoms. The first-order valence-corrected chi connectivity index (χ1v) is 8.07. The highest BCUT2D eigenvalue weighted by Gasteiger charge is 2.24. The number of aryl methyl sites for hydroxylation is 2. The molecule has 0 spiro atoms. The molecule has 3 heterocycles. The van der Waals surface area contributed by atoms with Crippen LogP contribution in [0.15, 0.2) is 16.8 Å². The minimum Gasteiger partial charge on any atom is -0.440 e. The maximum Gasteiger partial charge on any atom is 0.273 e. The summed E-state index contributed by atoms with van der Waals surface area (Å²) in [6.45, 7) is 5.34. The van der Waals surface area contributed by atoms with E-state index in [0.29, 0.717) is 29.9 Å². The van der Waals surface area contributed by atoms with E-state index in [1.165, 1.54) is 0 Å². The molecule has 1 atom stereocenters.